The van der Waals surface area contributed by atoms with E-state index < -0.39 is 0 Å². The summed E-state index contributed by atoms with van der Waals surface area (Å²) in [6, 6.07) is 15.3. The summed E-state index contributed by atoms with van der Waals surface area (Å²) in [5, 5.41) is 14.9. The molecule has 0 saturated heterocycles. The van der Waals surface area contributed by atoms with Gasteiger partial charge in [-0.15, -0.1) is 0 Å². The van der Waals surface area contributed by atoms with E-state index in [0.29, 0.717) is 15.9 Å². The molecule has 16 heavy (non-hydrogen) atoms. The summed E-state index contributed by atoms with van der Waals surface area (Å²) >= 11 is 0. The molecule has 0 saturated carbocycles. The van der Waals surface area contributed by atoms with Gasteiger partial charge in [-0.1, -0.05) is 30.3 Å². The van der Waals surface area contributed by atoms with E-state index in [1.54, 1.807) is 12.1 Å². The predicted molar refractivity (Wildman–Crippen MR) is 58.4 cm³/mol. The van der Waals surface area contributed by atoms with E-state index in [1.807, 2.05) is 36.4 Å². The molecule has 0 atom stereocenters. The van der Waals surface area contributed by atoms with Crippen molar-refractivity contribution in [1.29, 1.82) is 0 Å². The lowest BCUT2D eigenvalue weighted by Gasteiger charge is -1.99. The molecule has 1 heterocycles. The van der Waals surface area contributed by atoms with E-state index in [1.165, 1.54) is 0 Å². The van der Waals surface area contributed by atoms with Crippen LogP contribution in [0.5, 0.6) is 0 Å². The first-order valence-corrected chi connectivity index (χ1v) is 4.89. The first-order valence-electron chi connectivity index (χ1n) is 4.89. The van der Waals surface area contributed by atoms with Crippen LogP contribution in [0.15, 0.2) is 53.2 Å². The Balaban J connectivity index is 2.22. The van der Waals surface area contributed by atoms with Crippen LogP contribution in [0.25, 0.3) is 22.2 Å². The lowest BCUT2D eigenvalue weighted by molar-refractivity contribution is -0.782. The van der Waals surface area contributed by atoms with Gasteiger partial charge in [0.25, 0.3) is 0 Å². The Morgan fingerprint density at radius 1 is 1.00 bits per heavy atom. The highest BCUT2D eigenvalue weighted by Crippen LogP contribution is 2.21. The zero-order chi connectivity index (χ0) is 11.0. The molecular weight excluding hydrogens is 204 g/mol. The maximum absolute atomic E-state index is 11.2. The topological polar surface area (TPSA) is 53.0 Å². The molecule has 0 aliphatic carbocycles. The molecule has 0 N–H and O–H groups in total. The molecule has 0 fully saturated rings. The van der Waals surface area contributed by atoms with Gasteiger partial charge in [-0.05, 0) is 28.2 Å². The first-order chi connectivity index (χ1) is 7.84. The Labute approximate surface area is 91.3 Å². The molecule has 4 heteroatoms. The van der Waals surface area contributed by atoms with E-state index in [9.17, 15) is 5.21 Å². The summed E-state index contributed by atoms with van der Waals surface area (Å²) in [6.07, 6.45) is 0. The maximum Gasteiger partial charge on any atom is 0.248 e. The van der Waals surface area contributed by atoms with Crippen molar-refractivity contribution in [1.82, 2.24) is 5.16 Å². The van der Waals surface area contributed by atoms with Gasteiger partial charge in [-0.25, -0.2) is 0 Å². The van der Waals surface area contributed by atoms with Gasteiger partial charge in [0, 0.05) is 11.2 Å². The third kappa shape index (κ3) is 1.32. The van der Waals surface area contributed by atoms with Crippen LogP contribution in [0.4, 0.5) is 0 Å². The minimum absolute atomic E-state index is 0.418. The van der Waals surface area contributed by atoms with Gasteiger partial charge in [0.15, 0.2) is 0 Å². The fourth-order valence-electron chi connectivity index (χ4n) is 1.68. The first kappa shape index (κ1) is 8.91. The normalized spacial score (nSPS) is 10.8. The maximum atomic E-state index is 11.2. The SMILES string of the molecule is [O-][n+]1onc2ccc(-c3ccccc3)cc21. The number of rotatable bonds is 1. The van der Waals surface area contributed by atoms with Gasteiger partial charge in [0.05, 0.1) is 0 Å². The van der Waals surface area contributed by atoms with Crippen LogP contribution in [-0.2, 0) is 0 Å². The van der Waals surface area contributed by atoms with E-state index in [0.717, 1.165) is 11.1 Å². The quantitative estimate of drug-likeness (QED) is 0.580. The Kier molecular flexibility index (Phi) is 1.86. The summed E-state index contributed by atoms with van der Waals surface area (Å²) < 4.78 is 4.52. The van der Waals surface area contributed by atoms with Gasteiger partial charge < -0.3 is 5.21 Å². The van der Waals surface area contributed by atoms with Crippen molar-refractivity contribution >= 4 is 11.0 Å². The van der Waals surface area contributed by atoms with E-state index in [2.05, 4.69) is 9.79 Å². The Bertz CT molecular complexity index is 632. The second-order valence-corrected chi connectivity index (χ2v) is 3.50. The smallest absolute Gasteiger partial charge is 0.248 e. The fraction of sp³-hybridized carbons (Fsp3) is 0. The number of benzene rings is 2. The van der Waals surface area contributed by atoms with Crippen molar-refractivity contribution < 1.29 is 9.53 Å². The second kappa shape index (κ2) is 3.34. The van der Waals surface area contributed by atoms with Crippen molar-refractivity contribution in [2.24, 2.45) is 0 Å². The number of nitrogens with zero attached hydrogens (tertiary/aromatic N) is 2. The van der Waals surface area contributed by atoms with E-state index >= 15 is 0 Å². The van der Waals surface area contributed by atoms with Crippen LogP contribution in [0.3, 0.4) is 0 Å². The van der Waals surface area contributed by atoms with Gasteiger partial charge in [-0.3, -0.25) is 4.63 Å². The molecule has 0 spiro atoms. The van der Waals surface area contributed by atoms with Crippen LogP contribution in [0.2, 0.25) is 0 Å². The van der Waals surface area contributed by atoms with E-state index in [-0.39, 0.29) is 0 Å². The molecule has 0 radical (unpaired) electrons. The highest BCUT2D eigenvalue weighted by atomic mass is 16.8. The van der Waals surface area contributed by atoms with Gasteiger partial charge in [0.2, 0.25) is 11.0 Å². The molecular formula is C12H8N2O2. The third-order valence-corrected chi connectivity index (χ3v) is 2.49. The zero-order valence-electron chi connectivity index (χ0n) is 8.33. The minimum atomic E-state index is 0.418. The summed E-state index contributed by atoms with van der Waals surface area (Å²) in [7, 11) is 0. The predicted octanol–water partition coefficient (Wildman–Crippen LogP) is 2.13. The number of aromatic nitrogens is 2. The van der Waals surface area contributed by atoms with Gasteiger partial charge in [0.1, 0.15) is 0 Å². The summed E-state index contributed by atoms with van der Waals surface area (Å²) in [5.41, 5.74) is 3.04. The van der Waals surface area contributed by atoms with Crippen molar-refractivity contribution in [2.75, 3.05) is 0 Å². The monoisotopic (exact) mass is 212 g/mol. The van der Waals surface area contributed by atoms with Crippen LogP contribution in [0, 0.1) is 5.21 Å². The molecule has 1 aromatic heterocycles. The van der Waals surface area contributed by atoms with Crippen molar-refractivity contribution in [3.05, 3.63) is 53.7 Å². The number of fused-ring (bicyclic) bond motifs is 1. The molecule has 2 aromatic carbocycles. The van der Waals surface area contributed by atoms with Crippen molar-refractivity contribution in [3.63, 3.8) is 0 Å². The van der Waals surface area contributed by atoms with E-state index in [4.69, 9.17) is 0 Å². The lowest BCUT2D eigenvalue weighted by atomic mass is 10.1. The minimum Gasteiger partial charge on any atom is -0.359 e. The molecule has 4 nitrogen and oxygen atoms in total. The van der Waals surface area contributed by atoms with Crippen molar-refractivity contribution in [3.8, 4) is 11.1 Å². The summed E-state index contributed by atoms with van der Waals surface area (Å²) in [6.45, 7) is 0. The highest BCUT2D eigenvalue weighted by Gasteiger charge is 2.09. The summed E-state index contributed by atoms with van der Waals surface area (Å²) in [4.78, 5) is 0.418. The van der Waals surface area contributed by atoms with Crippen LogP contribution in [-0.4, -0.2) is 5.16 Å². The Morgan fingerprint density at radius 3 is 2.62 bits per heavy atom. The number of hydrogen-bond acceptors (Lipinski definition) is 3. The molecule has 0 aliphatic heterocycles. The number of hydrogen-bond donors (Lipinski definition) is 0. The molecule has 0 amide bonds. The largest absolute Gasteiger partial charge is 0.359 e. The van der Waals surface area contributed by atoms with Crippen LogP contribution < -0.4 is 4.90 Å². The highest BCUT2D eigenvalue weighted by molar-refractivity contribution is 5.78. The standard InChI is InChI=1S/C12H8N2O2/c15-14-12-8-10(6-7-11(12)13-16-14)9-4-2-1-3-5-9/h1-8H. The second-order valence-electron chi connectivity index (χ2n) is 3.50. The average molecular weight is 212 g/mol. The van der Waals surface area contributed by atoms with Crippen LogP contribution >= 0.6 is 0 Å². The van der Waals surface area contributed by atoms with Gasteiger partial charge >= 0.3 is 0 Å². The molecule has 0 bridgehead atoms. The molecule has 3 aromatic rings. The van der Waals surface area contributed by atoms with Crippen molar-refractivity contribution in [2.45, 2.75) is 0 Å². The summed E-state index contributed by atoms with van der Waals surface area (Å²) in [5.74, 6) is 0. The molecule has 0 unspecified atom stereocenters. The zero-order valence-corrected chi connectivity index (χ0v) is 8.33. The third-order valence-electron chi connectivity index (χ3n) is 2.49. The molecule has 78 valence electrons. The lowest BCUT2D eigenvalue weighted by Crippen LogP contribution is -2.22. The fourth-order valence-corrected chi connectivity index (χ4v) is 1.68. The average Bonchev–Trinajstić information content (AvgIpc) is 2.72. The Morgan fingerprint density at radius 2 is 1.81 bits per heavy atom. The van der Waals surface area contributed by atoms with Gasteiger partial charge in [-0.2, -0.15) is 0 Å². The Hall–Kier alpha value is -2.36. The molecule has 3 rings (SSSR count). The van der Waals surface area contributed by atoms with Crippen LogP contribution in [0.1, 0.15) is 0 Å². The molecule has 0 aliphatic rings.